The lowest BCUT2D eigenvalue weighted by Crippen LogP contribution is -2.54. The van der Waals surface area contributed by atoms with Crippen molar-refractivity contribution in [3.05, 3.63) is 29.8 Å². The number of nitrogens with one attached hydrogen (secondary N) is 1. The zero-order valence-corrected chi connectivity index (χ0v) is 13.4. The Balaban J connectivity index is 1.91. The molecule has 0 aromatic heterocycles. The molecule has 3 amide bonds. The van der Waals surface area contributed by atoms with Gasteiger partial charge in [0.15, 0.2) is 11.6 Å². The Morgan fingerprint density at radius 3 is 2.25 bits per heavy atom. The molecule has 0 bridgehead atoms. The summed E-state index contributed by atoms with van der Waals surface area (Å²) in [7, 11) is 2.73. The maximum Gasteiger partial charge on any atom is 0.322 e. The summed E-state index contributed by atoms with van der Waals surface area (Å²) in [6.07, 6.45) is -0.980. The minimum atomic E-state index is -1.11. The van der Waals surface area contributed by atoms with Gasteiger partial charge in [-0.15, -0.1) is 0 Å². The number of anilines is 1. The number of hydrogen-bond donors (Lipinski definition) is 1. The molecule has 1 aromatic carbocycles. The lowest BCUT2D eigenvalue weighted by Gasteiger charge is -2.35. The fourth-order valence-corrected chi connectivity index (χ4v) is 2.37. The van der Waals surface area contributed by atoms with Crippen molar-refractivity contribution in [1.29, 1.82) is 0 Å². The molecule has 9 heteroatoms. The Morgan fingerprint density at radius 2 is 1.67 bits per heavy atom. The lowest BCUT2D eigenvalue weighted by molar-refractivity contribution is -0.171. The summed E-state index contributed by atoms with van der Waals surface area (Å²) in [5.74, 6) is -2.47. The first kappa shape index (κ1) is 18.1. The van der Waals surface area contributed by atoms with E-state index >= 15 is 0 Å². The molecule has 0 aliphatic carbocycles. The smallest absolute Gasteiger partial charge is 0.322 e. The van der Waals surface area contributed by atoms with Gasteiger partial charge in [-0.1, -0.05) is 6.07 Å². The number of halogens is 2. The molecule has 1 fully saturated rings. The molecule has 1 aliphatic heterocycles. The summed E-state index contributed by atoms with van der Waals surface area (Å²) in [4.78, 5) is 27.1. The first-order valence-electron chi connectivity index (χ1n) is 7.32. The molecule has 0 unspecified atom stereocenters. The van der Waals surface area contributed by atoms with Gasteiger partial charge >= 0.3 is 6.03 Å². The fraction of sp³-hybridized carbons (Fsp3) is 0.467. The first-order chi connectivity index (χ1) is 11.5. The predicted molar refractivity (Wildman–Crippen MR) is 81.3 cm³/mol. The van der Waals surface area contributed by atoms with Crippen molar-refractivity contribution in [1.82, 2.24) is 9.80 Å². The number of amides is 3. The standard InChI is InChI=1S/C15H19F2N3O4/c1-23-14(24-2)13(21)19-6-8-20(9-7-19)15(22)18-11-5-3-4-10(16)12(11)17/h3-5,14H,6-9H2,1-2H3,(H,18,22). The average Bonchev–Trinajstić information content (AvgIpc) is 2.60. The average molecular weight is 343 g/mol. The molecule has 24 heavy (non-hydrogen) atoms. The number of hydrogen-bond acceptors (Lipinski definition) is 4. The molecule has 0 radical (unpaired) electrons. The zero-order valence-electron chi connectivity index (χ0n) is 13.4. The quantitative estimate of drug-likeness (QED) is 0.836. The minimum absolute atomic E-state index is 0.225. The number of ether oxygens (including phenoxy) is 2. The van der Waals surface area contributed by atoms with Crippen molar-refractivity contribution >= 4 is 17.6 Å². The van der Waals surface area contributed by atoms with Crippen LogP contribution in [0.25, 0.3) is 0 Å². The number of nitrogens with zero attached hydrogens (tertiary/aromatic N) is 2. The van der Waals surface area contributed by atoms with Gasteiger partial charge in [0.25, 0.3) is 5.91 Å². The highest BCUT2D eigenvalue weighted by Gasteiger charge is 2.29. The Bertz CT molecular complexity index is 602. The van der Waals surface area contributed by atoms with Gasteiger partial charge in [-0.25, -0.2) is 13.6 Å². The van der Waals surface area contributed by atoms with E-state index in [2.05, 4.69) is 5.32 Å². The summed E-state index contributed by atoms with van der Waals surface area (Å²) < 4.78 is 36.5. The van der Waals surface area contributed by atoms with Crippen molar-refractivity contribution in [2.45, 2.75) is 6.29 Å². The number of rotatable bonds is 4. The second-order valence-corrected chi connectivity index (χ2v) is 5.15. The van der Waals surface area contributed by atoms with Gasteiger partial charge in [-0.3, -0.25) is 4.79 Å². The van der Waals surface area contributed by atoms with Crippen LogP contribution in [0.2, 0.25) is 0 Å². The van der Waals surface area contributed by atoms with Crippen LogP contribution in [0.15, 0.2) is 18.2 Å². The number of carbonyl (C=O) groups is 2. The fourth-order valence-electron chi connectivity index (χ4n) is 2.37. The van der Waals surface area contributed by atoms with E-state index in [1.54, 1.807) is 0 Å². The number of piperazine rings is 1. The van der Waals surface area contributed by atoms with Gasteiger partial charge in [-0.2, -0.15) is 0 Å². The van der Waals surface area contributed by atoms with E-state index in [0.29, 0.717) is 13.1 Å². The zero-order chi connectivity index (χ0) is 17.7. The maximum absolute atomic E-state index is 13.6. The Kier molecular flexibility index (Phi) is 6.04. The van der Waals surface area contributed by atoms with Gasteiger partial charge in [0.1, 0.15) is 0 Å². The van der Waals surface area contributed by atoms with Crippen LogP contribution >= 0.6 is 0 Å². The normalized spacial score (nSPS) is 14.9. The van der Waals surface area contributed by atoms with Crippen LogP contribution in [0, 0.1) is 11.6 Å². The van der Waals surface area contributed by atoms with Crippen LogP contribution in [0.5, 0.6) is 0 Å². The third kappa shape index (κ3) is 3.98. The Hall–Kier alpha value is -2.26. The van der Waals surface area contributed by atoms with Crippen LogP contribution in [-0.4, -0.2) is 68.4 Å². The van der Waals surface area contributed by atoms with E-state index < -0.39 is 24.0 Å². The number of methoxy groups -OCH3 is 2. The summed E-state index contributed by atoms with van der Waals surface area (Å²) in [6, 6.07) is 3.00. The van der Waals surface area contributed by atoms with Crippen LogP contribution in [-0.2, 0) is 14.3 Å². The van der Waals surface area contributed by atoms with Gasteiger partial charge in [0, 0.05) is 40.4 Å². The van der Waals surface area contributed by atoms with Crippen molar-refractivity contribution in [3.63, 3.8) is 0 Å². The van der Waals surface area contributed by atoms with Crippen LogP contribution in [0.4, 0.5) is 19.3 Å². The van der Waals surface area contributed by atoms with E-state index in [1.165, 1.54) is 36.2 Å². The van der Waals surface area contributed by atoms with Crippen LogP contribution < -0.4 is 5.32 Å². The molecular formula is C15H19F2N3O4. The second-order valence-electron chi connectivity index (χ2n) is 5.15. The highest BCUT2D eigenvalue weighted by Crippen LogP contribution is 2.17. The van der Waals surface area contributed by atoms with Crippen molar-refractivity contribution in [2.24, 2.45) is 0 Å². The van der Waals surface area contributed by atoms with Gasteiger partial charge < -0.3 is 24.6 Å². The summed E-state index contributed by atoms with van der Waals surface area (Å²) in [5, 5.41) is 2.33. The lowest BCUT2D eigenvalue weighted by atomic mass is 10.3. The molecule has 2 rings (SSSR count). The van der Waals surface area contributed by atoms with E-state index in [9.17, 15) is 18.4 Å². The molecule has 0 spiro atoms. The Labute approximate surface area is 138 Å². The number of urea groups is 1. The SMILES string of the molecule is COC(OC)C(=O)N1CCN(C(=O)Nc2cccc(F)c2F)CC1. The predicted octanol–water partition coefficient (Wildman–Crippen LogP) is 1.26. The molecule has 132 valence electrons. The van der Waals surface area contributed by atoms with Gasteiger partial charge in [0.2, 0.25) is 6.29 Å². The number of benzene rings is 1. The Morgan fingerprint density at radius 1 is 1.08 bits per heavy atom. The van der Waals surface area contributed by atoms with E-state index in [-0.39, 0.29) is 24.7 Å². The highest BCUT2D eigenvalue weighted by molar-refractivity contribution is 5.89. The molecule has 0 saturated carbocycles. The number of carbonyl (C=O) groups excluding carboxylic acids is 2. The van der Waals surface area contributed by atoms with E-state index in [4.69, 9.17) is 9.47 Å². The summed E-state index contributed by atoms with van der Waals surface area (Å²) >= 11 is 0. The van der Waals surface area contributed by atoms with Crippen molar-refractivity contribution in [3.8, 4) is 0 Å². The maximum atomic E-state index is 13.6. The molecule has 1 N–H and O–H groups in total. The van der Waals surface area contributed by atoms with Crippen LogP contribution in [0.3, 0.4) is 0 Å². The molecule has 1 saturated heterocycles. The van der Waals surface area contributed by atoms with E-state index in [0.717, 1.165) is 6.07 Å². The molecule has 7 nitrogen and oxygen atoms in total. The van der Waals surface area contributed by atoms with Crippen molar-refractivity contribution < 1.29 is 27.8 Å². The van der Waals surface area contributed by atoms with E-state index in [1.807, 2.05) is 0 Å². The largest absolute Gasteiger partial charge is 0.348 e. The highest BCUT2D eigenvalue weighted by atomic mass is 19.2. The second kappa shape index (κ2) is 8.02. The van der Waals surface area contributed by atoms with Gasteiger partial charge in [0.05, 0.1) is 5.69 Å². The monoisotopic (exact) mass is 343 g/mol. The molecule has 1 aromatic rings. The van der Waals surface area contributed by atoms with Crippen LogP contribution in [0.1, 0.15) is 0 Å². The molecule has 0 atom stereocenters. The third-order valence-corrected chi connectivity index (χ3v) is 3.70. The summed E-state index contributed by atoms with van der Waals surface area (Å²) in [5.41, 5.74) is -0.225. The van der Waals surface area contributed by atoms with Crippen molar-refractivity contribution in [2.75, 3.05) is 45.7 Å². The third-order valence-electron chi connectivity index (χ3n) is 3.70. The summed E-state index contributed by atoms with van der Waals surface area (Å²) in [6.45, 7) is 1.10. The minimum Gasteiger partial charge on any atom is -0.348 e. The molecule has 1 heterocycles. The molecule has 1 aliphatic rings. The molecular weight excluding hydrogens is 324 g/mol. The first-order valence-corrected chi connectivity index (χ1v) is 7.32. The van der Waals surface area contributed by atoms with Gasteiger partial charge in [-0.05, 0) is 12.1 Å². The topological polar surface area (TPSA) is 71.1 Å².